The Balaban J connectivity index is 1.65. The number of nitrogens with zero attached hydrogens (tertiary/aromatic N) is 2. The number of rotatable bonds is 3. The Morgan fingerprint density at radius 3 is 1.86 bits per heavy atom. The molecular formula is C20H21N3O6. The van der Waals surface area contributed by atoms with Crippen LogP contribution in [0.4, 0.5) is 5.69 Å². The molecule has 0 bridgehead atoms. The molecule has 0 spiro atoms. The van der Waals surface area contributed by atoms with Crippen molar-refractivity contribution in [1.29, 1.82) is 0 Å². The summed E-state index contributed by atoms with van der Waals surface area (Å²) in [5.41, 5.74) is 1.01. The highest BCUT2D eigenvalue weighted by Crippen LogP contribution is 2.35. The Morgan fingerprint density at radius 2 is 1.34 bits per heavy atom. The van der Waals surface area contributed by atoms with Gasteiger partial charge in [-0.15, -0.1) is 0 Å². The first-order valence-corrected chi connectivity index (χ1v) is 8.97. The lowest BCUT2D eigenvalue weighted by molar-refractivity contribution is -0.114. The number of carbonyl (C=O) groups is 3. The van der Waals surface area contributed by atoms with Gasteiger partial charge in [0.25, 0.3) is 11.8 Å². The van der Waals surface area contributed by atoms with E-state index in [0.29, 0.717) is 24.3 Å². The molecule has 1 aliphatic rings. The fourth-order valence-electron chi connectivity index (χ4n) is 3.14. The van der Waals surface area contributed by atoms with E-state index in [9.17, 15) is 29.7 Å². The summed E-state index contributed by atoms with van der Waals surface area (Å²) in [5, 5.41) is 31.2. The molecule has 1 saturated heterocycles. The highest BCUT2D eigenvalue weighted by Gasteiger charge is 2.26. The standard InChI is InChI=1S/C20H21N3O6/c1-12(24)21-15-4-2-3-13(9-15)19(28)22-5-7-23(8-6-22)20(29)14-10-16(25)18(27)17(26)11-14/h2-4,9-11,25-27H,5-8H2,1H3,(H,21,24). The van der Waals surface area contributed by atoms with Crippen LogP contribution in [0.2, 0.25) is 0 Å². The van der Waals surface area contributed by atoms with Crippen molar-refractivity contribution in [2.24, 2.45) is 0 Å². The number of nitrogens with one attached hydrogen (secondary N) is 1. The average Bonchev–Trinajstić information content (AvgIpc) is 2.70. The van der Waals surface area contributed by atoms with Crippen molar-refractivity contribution < 1.29 is 29.7 Å². The second-order valence-corrected chi connectivity index (χ2v) is 6.71. The molecule has 152 valence electrons. The van der Waals surface area contributed by atoms with Crippen LogP contribution in [-0.2, 0) is 4.79 Å². The lowest BCUT2D eigenvalue weighted by atomic mass is 10.1. The summed E-state index contributed by atoms with van der Waals surface area (Å²) in [4.78, 5) is 39.6. The molecule has 9 heteroatoms. The van der Waals surface area contributed by atoms with Crippen LogP contribution < -0.4 is 5.32 Å². The second kappa shape index (κ2) is 8.09. The Bertz CT molecular complexity index is 943. The Kier molecular flexibility index (Phi) is 5.58. The third-order valence-corrected chi connectivity index (χ3v) is 4.60. The Hall–Kier alpha value is -3.75. The predicted octanol–water partition coefficient (Wildman–Crippen LogP) is 1.36. The first-order valence-electron chi connectivity index (χ1n) is 8.97. The number of anilines is 1. The number of phenols is 3. The summed E-state index contributed by atoms with van der Waals surface area (Å²) < 4.78 is 0. The zero-order chi connectivity index (χ0) is 21.1. The van der Waals surface area contributed by atoms with Crippen LogP contribution in [-0.4, -0.2) is 69.0 Å². The van der Waals surface area contributed by atoms with E-state index in [1.807, 2.05) is 0 Å². The zero-order valence-electron chi connectivity index (χ0n) is 15.8. The van der Waals surface area contributed by atoms with Gasteiger partial charge in [0.15, 0.2) is 17.2 Å². The quantitative estimate of drug-likeness (QED) is 0.577. The van der Waals surface area contributed by atoms with E-state index in [1.54, 1.807) is 29.2 Å². The minimum absolute atomic E-state index is 0.0422. The number of piperazine rings is 1. The van der Waals surface area contributed by atoms with Crippen molar-refractivity contribution in [3.8, 4) is 17.2 Å². The van der Waals surface area contributed by atoms with Gasteiger partial charge in [-0.1, -0.05) is 6.07 Å². The van der Waals surface area contributed by atoms with Crippen molar-refractivity contribution in [2.75, 3.05) is 31.5 Å². The number of aromatic hydroxyl groups is 3. The maximum atomic E-state index is 12.7. The van der Waals surface area contributed by atoms with Gasteiger partial charge in [0.2, 0.25) is 5.91 Å². The summed E-state index contributed by atoms with van der Waals surface area (Å²) in [6.07, 6.45) is 0. The van der Waals surface area contributed by atoms with Gasteiger partial charge < -0.3 is 30.4 Å². The summed E-state index contributed by atoms with van der Waals surface area (Å²) >= 11 is 0. The summed E-state index contributed by atoms with van der Waals surface area (Å²) in [7, 11) is 0. The number of amides is 3. The van der Waals surface area contributed by atoms with E-state index in [0.717, 1.165) is 12.1 Å². The smallest absolute Gasteiger partial charge is 0.254 e. The van der Waals surface area contributed by atoms with E-state index in [2.05, 4.69) is 5.32 Å². The van der Waals surface area contributed by atoms with Crippen molar-refractivity contribution in [3.63, 3.8) is 0 Å². The minimum Gasteiger partial charge on any atom is -0.504 e. The third kappa shape index (κ3) is 4.40. The van der Waals surface area contributed by atoms with Crippen LogP contribution >= 0.6 is 0 Å². The molecule has 1 fully saturated rings. The van der Waals surface area contributed by atoms with Crippen LogP contribution in [0, 0.1) is 0 Å². The molecule has 3 amide bonds. The van der Waals surface area contributed by atoms with Gasteiger partial charge in [-0.25, -0.2) is 0 Å². The van der Waals surface area contributed by atoms with Crippen LogP contribution in [0.1, 0.15) is 27.6 Å². The molecule has 2 aromatic carbocycles. The number of hydrogen-bond donors (Lipinski definition) is 4. The molecule has 0 unspecified atom stereocenters. The van der Waals surface area contributed by atoms with Gasteiger partial charge in [0, 0.05) is 49.9 Å². The van der Waals surface area contributed by atoms with E-state index in [1.165, 1.54) is 11.8 Å². The molecule has 3 rings (SSSR count). The third-order valence-electron chi connectivity index (χ3n) is 4.60. The number of hydrogen-bond acceptors (Lipinski definition) is 6. The fraction of sp³-hybridized carbons (Fsp3) is 0.250. The molecule has 0 atom stereocenters. The lowest BCUT2D eigenvalue weighted by Gasteiger charge is -2.35. The molecule has 0 saturated carbocycles. The molecule has 1 heterocycles. The zero-order valence-corrected chi connectivity index (χ0v) is 15.8. The van der Waals surface area contributed by atoms with E-state index in [-0.39, 0.29) is 30.5 Å². The number of carbonyl (C=O) groups excluding carboxylic acids is 3. The molecule has 1 aliphatic heterocycles. The summed E-state index contributed by atoms with van der Waals surface area (Å²) in [6.45, 7) is 2.56. The minimum atomic E-state index is -0.682. The monoisotopic (exact) mass is 399 g/mol. The van der Waals surface area contributed by atoms with Crippen LogP contribution in [0.5, 0.6) is 17.2 Å². The first kappa shape index (κ1) is 20.0. The molecule has 0 aliphatic carbocycles. The van der Waals surface area contributed by atoms with Crippen LogP contribution in [0.25, 0.3) is 0 Å². The van der Waals surface area contributed by atoms with E-state index < -0.39 is 23.2 Å². The van der Waals surface area contributed by atoms with Gasteiger partial charge in [0.05, 0.1) is 0 Å². The number of benzene rings is 2. The highest BCUT2D eigenvalue weighted by molar-refractivity contribution is 5.98. The molecule has 9 nitrogen and oxygen atoms in total. The maximum Gasteiger partial charge on any atom is 0.254 e. The molecule has 0 aromatic heterocycles. The first-order chi connectivity index (χ1) is 13.8. The highest BCUT2D eigenvalue weighted by atomic mass is 16.3. The average molecular weight is 399 g/mol. The van der Waals surface area contributed by atoms with E-state index in [4.69, 9.17) is 0 Å². The number of phenolic OH excluding ortho intramolecular Hbond substituents is 3. The van der Waals surface area contributed by atoms with Gasteiger partial charge >= 0.3 is 0 Å². The SMILES string of the molecule is CC(=O)Nc1cccc(C(=O)N2CCN(C(=O)c3cc(O)c(O)c(O)c3)CC2)c1. The molecule has 4 N–H and O–H groups in total. The largest absolute Gasteiger partial charge is 0.504 e. The predicted molar refractivity (Wildman–Crippen MR) is 104 cm³/mol. The van der Waals surface area contributed by atoms with Crippen LogP contribution in [0.3, 0.4) is 0 Å². The van der Waals surface area contributed by atoms with Gasteiger partial charge in [-0.3, -0.25) is 14.4 Å². The maximum absolute atomic E-state index is 12.7. The lowest BCUT2D eigenvalue weighted by Crippen LogP contribution is -2.50. The van der Waals surface area contributed by atoms with Crippen molar-refractivity contribution in [1.82, 2.24) is 9.80 Å². The molecule has 0 radical (unpaired) electrons. The topological polar surface area (TPSA) is 130 Å². The Morgan fingerprint density at radius 1 is 0.828 bits per heavy atom. The Labute approximate surface area is 166 Å². The normalized spacial score (nSPS) is 13.8. The second-order valence-electron chi connectivity index (χ2n) is 6.71. The molecule has 2 aromatic rings. The van der Waals surface area contributed by atoms with Gasteiger partial charge in [0.1, 0.15) is 0 Å². The fourth-order valence-corrected chi connectivity index (χ4v) is 3.14. The van der Waals surface area contributed by atoms with Gasteiger partial charge in [-0.2, -0.15) is 0 Å². The van der Waals surface area contributed by atoms with Crippen LogP contribution in [0.15, 0.2) is 36.4 Å². The van der Waals surface area contributed by atoms with E-state index >= 15 is 0 Å². The molecular weight excluding hydrogens is 378 g/mol. The van der Waals surface area contributed by atoms with Crippen molar-refractivity contribution >= 4 is 23.4 Å². The molecule has 29 heavy (non-hydrogen) atoms. The van der Waals surface area contributed by atoms with Gasteiger partial charge in [-0.05, 0) is 30.3 Å². The van der Waals surface area contributed by atoms with Crippen molar-refractivity contribution in [2.45, 2.75) is 6.92 Å². The summed E-state index contributed by atoms with van der Waals surface area (Å²) in [5.74, 6) is -2.70. The van der Waals surface area contributed by atoms with Crippen molar-refractivity contribution in [3.05, 3.63) is 47.5 Å². The summed E-state index contributed by atoms with van der Waals surface area (Å²) in [6, 6.07) is 8.81.